The minimum atomic E-state index is -0.601. The van der Waals surface area contributed by atoms with Crippen molar-refractivity contribution in [3.63, 3.8) is 0 Å². The molecular weight excluding hydrogens is 416 g/mol. The molecule has 0 aliphatic carbocycles. The van der Waals surface area contributed by atoms with Gasteiger partial charge >= 0.3 is 0 Å². The number of carbonyl (C=O) groups is 2. The standard InChI is InChI=1S/C19H21BrN2O3S/c1-13(19(24)22(2)12-16-9-10-17(20)26-16)21-18(23)11-6-14-4-7-15(25-3)8-5-14/h4-11,13H,12H2,1-3H3,(H,21,23)/b11-6+. The number of benzene rings is 1. The van der Waals surface area contributed by atoms with Gasteiger partial charge in [0.2, 0.25) is 11.8 Å². The van der Waals surface area contributed by atoms with Crippen molar-refractivity contribution in [2.24, 2.45) is 0 Å². The lowest BCUT2D eigenvalue weighted by Crippen LogP contribution is -2.44. The van der Waals surface area contributed by atoms with Crippen molar-refractivity contribution in [1.29, 1.82) is 0 Å². The third-order valence-corrected chi connectivity index (χ3v) is 5.28. The molecule has 0 spiro atoms. The van der Waals surface area contributed by atoms with E-state index in [1.165, 1.54) is 6.08 Å². The predicted molar refractivity (Wildman–Crippen MR) is 108 cm³/mol. The van der Waals surface area contributed by atoms with Gasteiger partial charge in [0.1, 0.15) is 11.8 Å². The highest BCUT2D eigenvalue weighted by Gasteiger charge is 2.19. The molecule has 1 aromatic carbocycles. The zero-order chi connectivity index (χ0) is 19.1. The van der Waals surface area contributed by atoms with Crippen LogP contribution in [0.1, 0.15) is 17.4 Å². The van der Waals surface area contributed by atoms with Crippen molar-refractivity contribution in [2.75, 3.05) is 14.2 Å². The molecule has 0 saturated heterocycles. The van der Waals surface area contributed by atoms with E-state index in [9.17, 15) is 9.59 Å². The van der Waals surface area contributed by atoms with E-state index < -0.39 is 6.04 Å². The maximum absolute atomic E-state index is 12.4. The Labute approximate surface area is 165 Å². The fraction of sp³-hybridized carbons (Fsp3) is 0.263. The van der Waals surface area contributed by atoms with E-state index in [0.717, 1.165) is 20.0 Å². The van der Waals surface area contributed by atoms with Gasteiger partial charge in [0.05, 0.1) is 17.4 Å². The van der Waals surface area contributed by atoms with Gasteiger partial charge in [-0.15, -0.1) is 11.3 Å². The molecule has 2 rings (SSSR count). The van der Waals surface area contributed by atoms with Crippen molar-refractivity contribution < 1.29 is 14.3 Å². The van der Waals surface area contributed by atoms with Gasteiger partial charge in [0.15, 0.2) is 0 Å². The number of halogens is 1. The monoisotopic (exact) mass is 436 g/mol. The molecule has 26 heavy (non-hydrogen) atoms. The summed E-state index contributed by atoms with van der Waals surface area (Å²) in [5, 5.41) is 2.70. The molecule has 2 aromatic rings. The second-order valence-electron chi connectivity index (χ2n) is 5.74. The average Bonchev–Trinajstić information content (AvgIpc) is 3.04. The molecule has 0 bridgehead atoms. The van der Waals surface area contributed by atoms with Gasteiger partial charge in [0.25, 0.3) is 0 Å². The van der Waals surface area contributed by atoms with Crippen LogP contribution in [0, 0.1) is 0 Å². The second kappa shape index (κ2) is 9.54. The van der Waals surface area contributed by atoms with Crippen LogP contribution in [-0.4, -0.2) is 36.9 Å². The number of amides is 2. The molecule has 5 nitrogen and oxygen atoms in total. The van der Waals surface area contributed by atoms with Crippen LogP contribution in [0.15, 0.2) is 46.3 Å². The zero-order valence-corrected chi connectivity index (χ0v) is 17.3. The Morgan fingerprint density at radius 3 is 2.54 bits per heavy atom. The summed E-state index contributed by atoms with van der Waals surface area (Å²) in [4.78, 5) is 27.1. The molecule has 138 valence electrons. The van der Waals surface area contributed by atoms with E-state index in [4.69, 9.17) is 4.74 Å². The van der Waals surface area contributed by atoms with Crippen molar-refractivity contribution in [3.8, 4) is 5.75 Å². The van der Waals surface area contributed by atoms with Gasteiger partial charge in [-0.2, -0.15) is 0 Å². The summed E-state index contributed by atoms with van der Waals surface area (Å²) in [7, 11) is 3.33. The maximum atomic E-state index is 12.4. The van der Waals surface area contributed by atoms with Crippen LogP contribution in [-0.2, 0) is 16.1 Å². The highest BCUT2D eigenvalue weighted by molar-refractivity contribution is 9.11. The van der Waals surface area contributed by atoms with Crippen LogP contribution in [0.25, 0.3) is 6.08 Å². The number of hydrogen-bond acceptors (Lipinski definition) is 4. The maximum Gasteiger partial charge on any atom is 0.244 e. The Kier molecular flexibility index (Phi) is 7.41. The molecule has 0 saturated carbocycles. The zero-order valence-electron chi connectivity index (χ0n) is 14.9. The Hall–Kier alpha value is -2.12. The summed E-state index contributed by atoms with van der Waals surface area (Å²) in [5.41, 5.74) is 0.875. The van der Waals surface area contributed by atoms with E-state index in [2.05, 4.69) is 21.2 Å². The molecule has 1 atom stereocenters. The third-order valence-electron chi connectivity index (χ3n) is 3.67. The average molecular weight is 437 g/mol. The Morgan fingerprint density at radius 1 is 1.27 bits per heavy atom. The van der Waals surface area contributed by atoms with Gasteiger partial charge in [0, 0.05) is 18.0 Å². The fourth-order valence-corrected chi connectivity index (χ4v) is 3.83. The number of methoxy groups -OCH3 is 1. The number of hydrogen-bond donors (Lipinski definition) is 1. The minimum Gasteiger partial charge on any atom is -0.497 e. The van der Waals surface area contributed by atoms with Gasteiger partial charge in [-0.1, -0.05) is 12.1 Å². The van der Waals surface area contributed by atoms with Crippen LogP contribution in [0.3, 0.4) is 0 Å². The number of rotatable bonds is 7. The number of nitrogens with zero attached hydrogens (tertiary/aromatic N) is 1. The molecule has 0 aliphatic rings. The Balaban J connectivity index is 1.86. The first-order chi connectivity index (χ1) is 12.4. The molecule has 1 heterocycles. The number of likely N-dealkylation sites (N-methyl/N-ethyl adjacent to an activating group) is 1. The summed E-state index contributed by atoms with van der Waals surface area (Å²) < 4.78 is 6.12. The fourth-order valence-electron chi connectivity index (χ4n) is 2.29. The largest absolute Gasteiger partial charge is 0.497 e. The normalized spacial score (nSPS) is 12.0. The first-order valence-corrected chi connectivity index (χ1v) is 9.62. The number of ether oxygens (including phenoxy) is 1. The third kappa shape index (κ3) is 6.00. The van der Waals surface area contributed by atoms with E-state index in [1.54, 1.807) is 43.4 Å². The van der Waals surface area contributed by atoms with Gasteiger partial charge < -0.3 is 15.0 Å². The first kappa shape index (κ1) is 20.2. The van der Waals surface area contributed by atoms with E-state index in [-0.39, 0.29) is 11.8 Å². The highest BCUT2D eigenvalue weighted by Crippen LogP contribution is 2.23. The molecule has 0 radical (unpaired) electrons. The van der Waals surface area contributed by atoms with Crippen LogP contribution < -0.4 is 10.1 Å². The van der Waals surface area contributed by atoms with E-state index in [1.807, 2.05) is 36.4 Å². The molecule has 1 unspecified atom stereocenters. The van der Waals surface area contributed by atoms with E-state index in [0.29, 0.717) is 6.54 Å². The summed E-state index contributed by atoms with van der Waals surface area (Å²) >= 11 is 4.99. The molecule has 0 aliphatic heterocycles. The lowest BCUT2D eigenvalue weighted by molar-refractivity contribution is -0.134. The van der Waals surface area contributed by atoms with Crippen LogP contribution >= 0.6 is 27.3 Å². The Morgan fingerprint density at radius 2 is 1.96 bits per heavy atom. The highest BCUT2D eigenvalue weighted by atomic mass is 79.9. The van der Waals surface area contributed by atoms with Crippen molar-refractivity contribution in [2.45, 2.75) is 19.5 Å². The second-order valence-corrected chi connectivity index (χ2v) is 8.28. The molecule has 2 amide bonds. The minimum absolute atomic E-state index is 0.138. The summed E-state index contributed by atoms with van der Waals surface area (Å²) in [6.45, 7) is 2.19. The van der Waals surface area contributed by atoms with E-state index >= 15 is 0 Å². The van der Waals surface area contributed by atoms with Crippen molar-refractivity contribution in [3.05, 3.63) is 56.7 Å². The molecule has 7 heteroatoms. The SMILES string of the molecule is COc1ccc(/C=C/C(=O)NC(C)C(=O)N(C)Cc2ccc(Br)s2)cc1. The first-order valence-electron chi connectivity index (χ1n) is 8.01. The summed E-state index contributed by atoms with van der Waals surface area (Å²) in [6.07, 6.45) is 3.11. The van der Waals surface area contributed by atoms with Crippen LogP contribution in [0.5, 0.6) is 5.75 Å². The Bertz CT molecular complexity index is 786. The molecule has 0 fully saturated rings. The molecule has 1 N–H and O–H groups in total. The summed E-state index contributed by atoms with van der Waals surface area (Å²) in [5.74, 6) is 0.307. The lowest BCUT2D eigenvalue weighted by atomic mass is 10.2. The lowest BCUT2D eigenvalue weighted by Gasteiger charge is -2.21. The van der Waals surface area contributed by atoms with Crippen molar-refractivity contribution in [1.82, 2.24) is 10.2 Å². The predicted octanol–water partition coefficient (Wildman–Crippen LogP) is 3.70. The van der Waals surface area contributed by atoms with Crippen molar-refractivity contribution >= 4 is 45.2 Å². The quantitative estimate of drug-likeness (QED) is 0.673. The molecular formula is C19H21BrN2O3S. The summed E-state index contributed by atoms with van der Waals surface area (Å²) in [6, 6.07) is 10.7. The van der Waals surface area contributed by atoms with Gasteiger partial charge in [-0.05, 0) is 58.8 Å². The number of nitrogens with one attached hydrogen (secondary N) is 1. The van der Waals surface area contributed by atoms with Crippen LogP contribution in [0.2, 0.25) is 0 Å². The topological polar surface area (TPSA) is 58.6 Å². The number of thiophene rings is 1. The number of carbonyl (C=O) groups excluding carboxylic acids is 2. The van der Waals surface area contributed by atoms with Gasteiger partial charge in [-0.25, -0.2) is 0 Å². The van der Waals surface area contributed by atoms with Crippen LogP contribution in [0.4, 0.5) is 0 Å². The van der Waals surface area contributed by atoms with Gasteiger partial charge in [-0.3, -0.25) is 9.59 Å². The smallest absolute Gasteiger partial charge is 0.244 e. The molecule has 1 aromatic heterocycles.